The molecule has 0 aliphatic heterocycles. The summed E-state index contributed by atoms with van der Waals surface area (Å²) in [5.74, 6) is -1.24. The third-order valence-corrected chi connectivity index (χ3v) is 4.66. The quantitative estimate of drug-likeness (QED) is 0.314. The van der Waals surface area contributed by atoms with Gasteiger partial charge in [0.05, 0.1) is 12.4 Å². The van der Waals surface area contributed by atoms with Crippen LogP contribution in [-0.2, 0) is 20.0 Å². The summed E-state index contributed by atoms with van der Waals surface area (Å²) in [6.45, 7) is 0. The second-order valence-corrected chi connectivity index (χ2v) is 5.95. The van der Waals surface area contributed by atoms with Crippen LogP contribution in [0.5, 0.6) is 0 Å². The largest absolute Gasteiger partial charge is 0.464 e. The number of alkyl halides is 1. The number of carbonyl (C=O) groups is 1. The summed E-state index contributed by atoms with van der Waals surface area (Å²) >= 11 is 3.32. The fourth-order valence-corrected chi connectivity index (χ4v) is 3.12. The van der Waals surface area contributed by atoms with Crippen LogP contribution < -0.4 is 0 Å². The third kappa shape index (κ3) is 3.53. The molecule has 2 aromatic heterocycles. The highest BCUT2D eigenvalue weighted by Crippen LogP contribution is 2.33. The van der Waals surface area contributed by atoms with Crippen LogP contribution >= 0.6 is 15.9 Å². The van der Waals surface area contributed by atoms with Gasteiger partial charge in [0.2, 0.25) is 5.89 Å². The maximum atomic E-state index is 12.1. The Labute approximate surface area is 163 Å². The summed E-state index contributed by atoms with van der Waals surface area (Å²) in [5.41, 5.74) is 1.02. The van der Waals surface area contributed by atoms with Crippen LogP contribution in [0, 0.1) is 0 Å². The van der Waals surface area contributed by atoms with Crippen molar-refractivity contribution in [3.63, 3.8) is 0 Å². The molecule has 9 heteroatoms. The minimum absolute atomic E-state index is 0.0495. The van der Waals surface area contributed by atoms with E-state index in [4.69, 9.17) is 23.0 Å². The van der Waals surface area contributed by atoms with Crippen molar-refractivity contribution < 1.29 is 27.8 Å². The minimum atomic E-state index is -1.20. The molecule has 0 unspecified atom stereocenters. The molecule has 0 saturated carbocycles. The van der Waals surface area contributed by atoms with Gasteiger partial charge < -0.3 is 23.0 Å². The van der Waals surface area contributed by atoms with Crippen molar-refractivity contribution in [2.24, 2.45) is 0 Å². The molecule has 0 amide bonds. The normalized spacial score (nSPS) is 11.6. The molecule has 0 N–H and O–H groups in total. The number of aromatic nitrogens is 2. The topological polar surface area (TPSA) is 96.8 Å². The summed E-state index contributed by atoms with van der Waals surface area (Å²) in [6.07, 6.45) is 1.35. The first-order chi connectivity index (χ1) is 13.1. The monoisotopic (exact) mass is 436 g/mol. The van der Waals surface area contributed by atoms with Crippen LogP contribution in [0.4, 0.5) is 0 Å². The van der Waals surface area contributed by atoms with Crippen molar-refractivity contribution in [1.29, 1.82) is 0 Å². The molecule has 0 radical (unpaired) electrons. The summed E-state index contributed by atoms with van der Waals surface area (Å²) in [5, 5.41) is 0.293. The SMILES string of the molecule is COC(=O)c1nc(-c2coc(C(CBr)(OC)OC)n2)oc1-c1ccccc1. The van der Waals surface area contributed by atoms with E-state index in [9.17, 15) is 4.79 Å². The Morgan fingerprint density at radius 2 is 1.85 bits per heavy atom. The summed E-state index contributed by atoms with van der Waals surface area (Å²) < 4.78 is 26.9. The number of ether oxygens (including phenoxy) is 3. The van der Waals surface area contributed by atoms with Crippen molar-refractivity contribution in [1.82, 2.24) is 9.97 Å². The second kappa shape index (κ2) is 8.03. The Morgan fingerprint density at radius 3 is 2.44 bits per heavy atom. The first-order valence-electron chi connectivity index (χ1n) is 7.85. The fraction of sp³-hybridized carbons (Fsp3) is 0.278. The smallest absolute Gasteiger partial charge is 0.360 e. The lowest BCUT2D eigenvalue weighted by Crippen LogP contribution is -2.33. The van der Waals surface area contributed by atoms with E-state index in [2.05, 4.69) is 25.9 Å². The zero-order chi connectivity index (χ0) is 19.4. The number of rotatable bonds is 7. The van der Waals surface area contributed by atoms with Crippen LogP contribution in [0.15, 0.2) is 45.4 Å². The zero-order valence-corrected chi connectivity index (χ0v) is 16.5. The number of methoxy groups -OCH3 is 3. The number of benzene rings is 1. The summed E-state index contributed by atoms with van der Waals surface area (Å²) in [7, 11) is 4.23. The Hall–Kier alpha value is -2.49. The van der Waals surface area contributed by atoms with Gasteiger partial charge in [0.15, 0.2) is 17.1 Å². The number of oxazole rings is 2. The summed E-state index contributed by atoms with van der Waals surface area (Å²) in [4.78, 5) is 20.7. The number of esters is 1. The molecule has 1 aromatic carbocycles. The lowest BCUT2D eigenvalue weighted by Gasteiger charge is -2.24. The molecule has 3 aromatic rings. The molecule has 0 aliphatic carbocycles. The van der Waals surface area contributed by atoms with E-state index in [-0.39, 0.29) is 28.9 Å². The molecule has 0 atom stereocenters. The van der Waals surface area contributed by atoms with Crippen LogP contribution in [0.25, 0.3) is 22.9 Å². The number of nitrogens with zero attached hydrogens (tertiary/aromatic N) is 2. The molecular formula is C18H17BrN2O6. The van der Waals surface area contributed by atoms with Gasteiger partial charge in [0, 0.05) is 19.8 Å². The van der Waals surface area contributed by atoms with Crippen LogP contribution in [0.1, 0.15) is 16.4 Å². The highest BCUT2D eigenvalue weighted by molar-refractivity contribution is 9.09. The highest BCUT2D eigenvalue weighted by Gasteiger charge is 2.37. The zero-order valence-electron chi connectivity index (χ0n) is 14.9. The maximum Gasteiger partial charge on any atom is 0.360 e. The Kier molecular flexibility index (Phi) is 5.73. The van der Waals surface area contributed by atoms with Gasteiger partial charge in [0.25, 0.3) is 11.7 Å². The average Bonchev–Trinajstić information content (AvgIpc) is 3.38. The van der Waals surface area contributed by atoms with Gasteiger partial charge in [0.1, 0.15) is 6.26 Å². The van der Waals surface area contributed by atoms with Crippen LogP contribution in [0.3, 0.4) is 0 Å². The highest BCUT2D eigenvalue weighted by atomic mass is 79.9. The second-order valence-electron chi connectivity index (χ2n) is 5.39. The maximum absolute atomic E-state index is 12.1. The molecule has 3 rings (SSSR count). The van der Waals surface area contributed by atoms with Crippen LogP contribution in [-0.4, -0.2) is 42.6 Å². The molecule has 0 aliphatic rings. The van der Waals surface area contributed by atoms with Gasteiger partial charge in [-0.3, -0.25) is 0 Å². The Balaban J connectivity index is 2.06. The predicted octanol–water partition coefficient (Wildman–Crippen LogP) is 3.62. The van der Waals surface area contributed by atoms with Crippen molar-refractivity contribution in [3.05, 3.63) is 48.2 Å². The van der Waals surface area contributed by atoms with Gasteiger partial charge in [-0.2, -0.15) is 4.98 Å². The van der Waals surface area contributed by atoms with Gasteiger partial charge in [-0.15, -0.1) is 0 Å². The average molecular weight is 437 g/mol. The molecule has 0 spiro atoms. The van der Waals surface area contributed by atoms with Gasteiger partial charge in [-0.1, -0.05) is 46.3 Å². The van der Waals surface area contributed by atoms with E-state index in [0.717, 1.165) is 0 Å². The van der Waals surface area contributed by atoms with E-state index in [1.807, 2.05) is 18.2 Å². The molecule has 142 valence electrons. The van der Waals surface area contributed by atoms with E-state index >= 15 is 0 Å². The first kappa shape index (κ1) is 19.3. The van der Waals surface area contributed by atoms with Gasteiger partial charge in [-0.05, 0) is 0 Å². The molecular weight excluding hydrogens is 420 g/mol. The number of halogens is 1. The van der Waals surface area contributed by atoms with E-state index in [1.54, 1.807) is 12.1 Å². The van der Waals surface area contributed by atoms with Crippen molar-refractivity contribution >= 4 is 21.9 Å². The van der Waals surface area contributed by atoms with Crippen molar-refractivity contribution in [3.8, 4) is 22.9 Å². The van der Waals surface area contributed by atoms with E-state index in [1.165, 1.54) is 27.6 Å². The molecule has 2 heterocycles. The molecule has 0 saturated heterocycles. The molecule has 0 fully saturated rings. The first-order valence-corrected chi connectivity index (χ1v) is 8.98. The van der Waals surface area contributed by atoms with Gasteiger partial charge >= 0.3 is 5.97 Å². The fourth-order valence-electron chi connectivity index (χ4n) is 2.42. The van der Waals surface area contributed by atoms with Crippen molar-refractivity contribution in [2.45, 2.75) is 5.79 Å². The summed E-state index contributed by atoms with van der Waals surface area (Å²) in [6, 6.07) is 9.12. The molecule has 27 heavy (non-hydrogen) atoms. The lowest BCUT2D eigenvalue weighted by atomic mass is 10.1. The Bertz CT molecular complexity index is 909. The Morgan fingerprint density at radius 1 is 1.15 bits per heavy atom. The third-order valence-electron chi connectivity index (χ3n) is 3.93. The predicted molar refractivity (Wildman–Crippen MR) is 98.3 cm³/mol. The van der Waals surface area contributed by atoms with E-state index < -0.39 is 11.8 Å². The van der Waals surface area contributed by atoms with Crippen molar-refractivity contribution in [2.75, 3.05) is 26.7 Å². The number of hydrogen-bond acceptors (Lipinski definition) is 8. The lowest BCUT2D eigenvalue weighted by molar-refractivity contribution is -0.211. The standard InChI is InChI=1S/C18H17BrN2O6/c1-23-16(22)13-14(11-7-5-4-6-8-11)27-15(21-13)12-9-26-17(20-12)18(10-19,24-2)25-3/h4-9H,10H2,1-3H3. The number of hydrogen-bond donors (Lipinski definition) is 0. The van der Waals surface area contributed by atoms with Gasteiger partial charge in [-0.25, -0.2) is 9.78 Å². The van der Waals surface area contributed by atoms with Crippen LogP contribution in [0.2, 0.25) is 0 Å². The number of carbonyl (C=O) groups excluding carboxylic acids is 1. The molecule has 8 nitrogen and oxygen atoms in total. The molecule has 0 bridgehead atoms. The van der Waals surface area contributed by atoms with E-state index in [0.29, 0.717) is 10.9 Å². The minimum Gasteiger partial charge on any atom is -0.464 e.